The fourth-order valence-electron chi connectivity index (χ4n) is 1.99. The second-order valence-corrected chi connectivity index (χ2v) is 4.33. The Kier molecular flexibility index (Phi) is 4.12. The summed E-state index contributed by atoms with van der Waals surface area (Å²) in [5, 5.41) is 19.2. The van der Waals surface area contributed by atoms with Crippen LogP contribution in [0.4, 0.5) is 0 Å². The van der Waals surface area contributed by atoms with Gasteiger partial charge in [-0.15, -0.1) is 0 Å². The summed E-state index contributed by atoms with van der Waals surface area (Å²) in [6.07, 6.45) is 1.19. The van der Waals surface area contributed by atoms with Crippen LogP contribution in [0.15, 0.2) is 42.0 Å². The van der Waals surface area contributed by atoms with Gasteiger partial charge in [0.15, 0.2) is 0 Å². The van der Waals surface area contributed by atoms with Crippen molar-refractivity contribution >= 4 is 5.97 Å². The van der Waals surface area contributed by atoms with Gasteiger partial charge in [0.2, 0.25) is 6.29 Å². The zero-order valence-corrected chi connectivity index (χ0v) is 9.95. The largest absolute Gasteiger partial charge is 0.429 e. The van der Waals surface area contributed by atoms with E-state index in [2.05, 4.69) is 4.74 Å². The van der Waals surface area contributed by atoms with E-state index < -0.39 is 18.4 Å². The van der Waals surface area contributed by atoms with Gasteiger partial charge in [-0.25, -0.2) is 4.79 Å². The third-order valence-electron chi connectivity index (χ3n) is 2.97. The lowest BCUT2D eigenvalue weighted by Crippen LogP contribution is -2.20. The van der Waals surface area contributed by atoms with Crippen LogP contribution >= 0.6 is 0 Å². The van der Waals surface area contributed by atoms with E-state index in [1.165, 1.54) is 5.56 Å². The molecule has 1 aromatic carbocycles. The Morgan fingerprint density at radius 1 is 1.28 bits per heavy atom. The van der Waals surface area contributed by atoms with Gasteiger partial charge in [0.25, 0.3) is 0 Å². The Hall–Kier alpha value is -1.65. The van der Waals surface area contributed by atoms with Crippen molar-refractivity contribution in [3.8, 4) is 0 Å². The second-order valence-electron chi connectivity index (χ2n) is 4.33. The quantitative estimate of drug-likeness (QED) is 0.768. The molecule has 2 rings (SSSR count). The van der Waals surface area contributed by atoms with Gasteiger partial charge in [0.1, 0.15) is 0 Å². The Labute approximate surface area is 106 Å². The van der Waals surface area contributed by atoms with E-state index in [0.717, 1.165) is 18.9 Å². The van der Waals surface area contributed by atoms with E-state index in [1.807, 2.05) is 30.3 Å². The Morgan fingerprint density at radius 2 is 2.00 bits per heavy atom. The lowest BCUT2D eigenvalue weighted by molar-refractivity contribution is -0.152. The summed E-state index contributed by atoms with van der Waals surface area (Å²) in [6, 6.07) is 9.97. The van der Waals surface area contributed by atoms with E-state index >= 15 is 0 Å². The van der Waals surface area contributed by atoms with Crippen LogP contribution in [0.2, 0.25) is 0 Å². The van der Waals surface area contributed by atoms with Crippen LogP contribution in [0.3, 0.4) is 0 Å². The van der Waals surface area contributed by atoms with E-state index in [0.29, 0.717) is 6.42 Å². The molecule has 0 aliphatic carbocycles. The smallest absolute Gasteiger partial charge is 0.333 e. The average Bonchev–Trinajstić information content (AvgIpc) is 2.70. The maximum atomic E-state index is 10.9. The van der Waals surface area contributed by atoms with Gasteiger partial charge in [-0.05, 0) is 24.8 Å². The number of aliphatic hydroxyl groups excluding tert-OH is 2. The number of cyclic esters (lactones) is 1. The fourth-order valence-corrected chi connectivity index (χ4v) is 1.99. The molecule has 0 bridgehead atoms. The van der Waals surface area contributed by atoms with Crippen molar-refractivity contribution in [1.29, 1.82) is 0 Å². The maximum absolute atomic E-state index is 10.9. The number of carbonyl (C=O) groups excluding carboxylic acids is 1. The molecule has 1 aliphatic heterocycles. The van der Waals surface area contributed by atoms with Crippen LogP contribution in [0, 0.1) is 0 Å². The molecule has 0 aromatic heterocycles. The number of rotatable bonds is 5. The van der Waals surface area contributed by atoms with Crippen LogP contribution in [0.1, 0.15) is 18.4 Å². The number of ether oxygens (including phenoxy) is 1. The highest BCUT2D eigenvalue weighted by molar-refractivity contribution is 5.85. The molecule has 1 aliphatic rings. The van der Waals surface area contributed by atoms with Gasteiger partial charge >= 0.3 is 5.97 Å². The van der Waals surface area contributed by atoms with Crippen LogP contribution in [-0.2, 0) is 16.0 Å². The molecule has 2 unspecified atom stereocenters. The molecule has 2 atom stereocenters. The minimum Gasteiger partial charge on any atom is -0.429 e. The van der Waals surface area contributed by atoms with Crippen LogP contribution in [-0.4, -0.2) is 28.6 Å². The van der Waals surface area contributed by atoms with Crippen molar-refractivity contribution in [1.82, 2.24) is 0 Å². The summed E-state index contributed by atoms with van der Waals surface area (Å²) in [4.78, 5) is 10.9. The van der Waals surface area contributed by atoms with Crippen LogP contribution in [0.5, 0.6) is 0 Å². The molecule has 1 aromatic rings. The predicted molar refractivity (Wildman–Crippen MR) is 65.6 cm³/mol. The van der Waals surface area contributed by atoms with Crippen molar-refractivity contribution in [3.05, 3.63) is 47.5 Å². The Balaban J connectivity index is 1.80. The topological polar surface area (TPSA) is 66.8 Å². The number of aryl methyl sites for hydroxylation is 1. The standard InChI is InChI=1S/C14H16O4/c15-12(11-9-13(16)18-14(11)17)8-4-7-10-5-2-1-3-6-10/h1-3,5-6,9,12,14-15,17H,4,7-8H2. The summed E-state index contributed by atoms with van der Waals surface area (Å²) in [5.41, 5.74) is 1.46. The van der Waals surface area contributed by atoms with Crippen molar-refractivity contribution in [3.63, 3.8) is 0 Å². The summed E-state index contributed by atoms with van der Waals surface area (Å²) in [5.74, 6) is -0.598. The minimum absolute atomic E-state index is 0.257. The lowest BCUT2D eigenvalue weighted by Gasteiger charge is -2.14. The first-order valence-corrected chi connectivity index (χ1v) is 5.99. The zero-order chi connectivity index (χ0) is 13.0. The van der Waals surface area contributed by atoms with Crippen LogP contribution in [0.25, 0.3) is 0 Å². The van der Waals surface area contributed by atoms with Gasteiger partial charge in [-0.1, -0.05) is 30.3 Å². The molecule has 1 heterocycles. The molecule has 0 spiro atoms. The van der Waals surface area contributed by atoms with Gasteiger partial charge in [-0.3, -0.25) is 0 Å². The highest BCUT2D eigenvalue weighted by Gasteiger charge is 2.28. The SMILES string of the molecule is O=C1C=C(C(O)CCCc2ccccc2)C(O)O1. The second kappa shape index (κ2) is 5.80. The van der Waals surface area contributed by atoms with E-state index in [4.69, 9.17) is 0 Å². The van der Waals surface area contributed by atoms with Crippen molar-refractivity contribution in [2.75, 3.05) is 0 Å². The normalized spacial score (nSPS) is 20.4. The predicted octanol–water partition coefficient (Wildman–Crippen LogP) is 1.17. The Morgan fingerprint density at radius 3 is 2.61 bits per heavy atom. The molecule has 4 nitrogen and oxygen atoms in total. The van der Waals surface area contributed by atoms with Crippen molar-refractivity contribution in [2.45, 2.75) is 31.7 Å². The molecule has 18 heavy (non-hydrogen) atoms. The lowest BCUT2D eigenvalue weighted by atomic mass is 10.0. The number of esters is 1. The first-order valence-electron chi connectivity index (χ1n) is 5.99. The third-order valence-corrected chi connectivity index (χ3v) is 2.97. The maximum Gasteiger partial charge on any atom is 0.333 e. The van der Waals surface area contributed by atoms with Crippen LogP contribution < -0.4 is 0 Å². The molecule has 4 heteroatoms. The minimum atomic E-state index is -1.29. The van der Waals surface area contributed by atoms with Gasteiger partial charge < -0.3 is 14.9 Å². The molecule has 96 valence electrons. The number of hydrogen-bond donors (Lipinski definition) is 2. The summed E-state index contributed by atoms with van der Waals surface area (Å²) >= 11 is 0. The first-order chi connectivity index (χ1) is 8.66. The summed E-state index contributed by atoms with van der Waals surface area (Å²) < 4.78 is 4.52. The third kappa shape index (κ3) is 3.18. The number of benzene rings is 1. The van der Waals surface area contributed by atoms with Crippen molar-refractivity contribution in [2.24, 2.45) is 0 Å². The number of hydrogen-bond acceptors (Lipinski definition) is 4. The molecule has 2 N–H and O–H groups in total. The number of aliphatic hydroxyl groups is 2. The summed E-state index contributed by atoms with van der Waals surface area (Å²) in [7, 11) is 0. The van der Waals surface area contributed by atoms with E-state index in [9.17, 15) is 15.0 Å². The Bertz CT molecular complexity index is 438. The molecular weight excluding hydrogens is 232 g/mol. The van der Waals surface area contributed by atoms with Gasteiger partial charge in [-0.2, -0.15) is 0 Å². The van der Waals surface area contributed by atoms with E-state index in [1.54, 1.807) is 0 Å². The zero-order valence-electron chi connectivity index (χ0n) is 9.95. The average molecular weight is 248 g/mol. The molecule has 0 radical (unpaired) electrons. The van der Waals surface area contributed by atoms with Gasteiger partial charge in [0, 0.05) is 11.6 Å². The van der Waals surface area contributed by atoms with Crippen molar-refractivity contribution < 1.29 is 19.7 Å². The fraction of sp³-hybridized carbons (Fsp3) is 0.357. The van der Waals surface area contributed by atoms with Gasteiger partial charge in [0.05, 0.1) is 6.10 Å². The molecule has 0 amide bonds. The molecule has 0 saturated heterocycles. The number of carbonyl (C=O) groups is 1. The molecule has 0 saturated carbocycles. The molecular formula is C14H16O4. The molecule has 0 fully saturated rings. The highest BCUT2D eigenvalue weighted by Crippen LogP contribution is 2.20. The first kappa shape index (κ1) is 12.8. The summed E-state index contributed by atoms with van der Waals surface area (Å²) in [6.45, 7) is 0. The monoisotopic (exact) mass is 248 g/mol. The highest BCUT2D eigenvalue weighted by atomic mass is 16.6. The van der Waals surface area contributed by atoms with E-state index in [-0.39, 0.29) is 5.57 Å².